The molecular weight excluding hydrogens is 406 g/mol. The molecule has 2 aromatic rings. The van der Waals surface area contributed by atoms with Gasteiger partial charge in [-0.25, -0.2) is 4.98 Å². The first-order valence-corrected chi connectivity index (χ1v) is 11.4. The Morgan fingerprint density at radius 1 is 1.25 bits per heavy atom. The highest BCUT2D eigenvalue weighted by Crippen LogP contribution is 2.28. The first-order chi connectivity index (χ1) is 15.6. The Labute approximate surface area is 187 Å². The molecule has 1 aliphatic carbocycles. The number of piperidine rings is 1. The van der Waals surface area contributed by atoms with E-state index in [4.69, 9.17) is 15.1 Å². The molecule has 0 radical (unpaired) electrons. The van der Waals surface area contributed by atoms with Crippen LogP contribution in [0.1, 0.15) is 72.6 Å². The number of nitrogens with one attached hydrogen (secondary N) is 3. The molecule has 1 aromatic carbocycles. The van der Waals surface area contributed by atoms with Gasteiger partial charge in [-0.1, -0.05) is 25.3 Å². The highest BCUT2D eigenvalue weighted by atomic mass is 16.5. The third-order valence-corrected chi connectivity index (χ3v) is 6.48. The minimum Gasteiger partial charge on any atom is -0.497 e. The minimum absolute atomic E-state index is 0.0485. The Bertz CT molecular complexity index is 1030. The summed E-state index contributed by atoms with van der Waals surface area (Å²) in [4.78, 5) is 35.2. The normalized spacial score (nSPS) is 19.4. The van der Waals surface area contributed by atoms with Crippen LogP contribution >= 0.6 is 0 Å². The van der Waals surface area contributed by atoms with E-state index in [1.54, 1.807) is 19.2 Å². The van der Waals surface area contributed by atoms with Crippen molar-refractivity contribution in [3.63, 3.8) is 0 Å². The number of hydrogen-bond acceptors (Lipinski definition) is 6. The number of benzene rings is 1. The number of amides is 1. The summed E-state index contributed by atoms with van der Waals surface area (Å²) in [5.74, 6) is 1.62. The number of nitrogens with zero attached hydrogens (tertiary/aromatic N) is 2. The van der Waals surface area contributed by atoms with E-state index in [1.807, 2.05) is 17.0 Å². The van der Waals surface area contributed by atoms with Gasteiger partial charge in [0.15, 0.2) is 0 Å². The molecule has 32 heavy (non-hydrogen) atoms. The summed E-state index contributed by atoms with van der Waals surface area (Å²) in [6.45, 7) is 1.16. The summed E-state index contributed by atoms with van der Waals surface area (Å²) in [5, 5.41) is 11.1. The van der Waals surface area contributed by atoms with Crippen molar-refractivity contribution in [2.45, 2.75) is 56.9 Å². The monoisotopic (exact) mass is 437 g/mol. The van der Waals surface area contributed by atoms with Gasteiger partial charge in [-0.2, -0.15) is 0 Å². The van der Waals surface area contributed by atoms with Crippen LogP contribution in [0.3, 0.4) is 0 Å². The van der Waals surface area contributed by atoms with E-state index in [9.17, 15) is 9.59 Å². The van der Waals surface area contributed by atoms with Crippen molar-refractivity contribution in [1.82, 2.24) is 14.9 Å². The molecule has 1 saturated heterocycles. The van der Waals surface area contributed by atoms with Gasteiger partial charge in [-0.3, -0.25) is 9.59 Å². The Morgan fingerprint density at radius 2 is 2.06 bits per heavy atom. The zero-order valence-electron chi connectivity index (χ0n) is 18.5. The fraction of sp³-hybridized carbons (Fsp3) is 0.500. The number of rotatable bonds is 6. The average molecular weight is 438 g/mol. The van der Waals surface area contributed by atoms with Crippen LogP contribution in [0.15, 0.2) is 29.1 Å². The molecule has 1 saturated carbocycles. The van der Waals surface area contributed by atoms with Crippen molar-refractivity contribution in [1.29, 1.82) is 5.41 Å². The van der Waals surface area contributed by atoms with E-state index in [0.717, 1.165) is 44.7 Å². The molecule has 1 atom stereocenters. The standard InChI is InChI=1S/C24H31N5O3/c1-32-19-11-5-7-16(13-19)24(31)29-12-6-8-17(15-29)21-27-22(20(14-25)23(30)28-21)26-18-9-3-2-4-10-18/h5,7,11,13-14,17-18,25H,2-4,6,8-10,12,15H2,1H3,(H2,26,27,28,30). The van der Waals surface area contributed by atoms with Crippen molar-refractivity contribution in [2.75, 3.05) is 25.5 Å². The second kappa shape index (κ2) is 9.97. The lowest BCUT2D eigenvalue weighted by Gasteiger charge is -2.32. The van der Waals surface area contributed by atoms with Crippen molar-refractivity contribution >= 4 is 17.9 Å². The first kappa shape index (κ1) is 22.0. The lowest BCUT2D eigenvalue weighted by molar-refractivity contribution is 0.0704. The van der Waals surface area contributed by atoms with Crippen LogP contribution in [-0.4, -0.2) is 53.2 Å². The molecule has 2 aliphatic rings. The fourth-order valence-electron chi connectivity index (χ4n) is 4.70. The SMILES string of the molecule is COc1cccc(C(=O)N2CCCC(c3nc(NC4CCCCC4)c(C=N)c(=O)[nH]3)C2)c1. The van der Waals surface area contributed by atoms with Gasteiger partial charge in [0.2, 0.25) is 0 Å². The van der Waals surface area contributed by atoms with E-state index < -0.39 is 0 Å². The number of hydrogen-bond donors (Lipinski definition) is 3. The Hall–Kier alpha value is -3.16. The maximum absolute atomic E-state index is 13.1. The van der Waals surface area contributed by atoms with Crippen LogP contribution in [0.5, 0.6) is 5.75 Å². The quantitative estimate of drug-likeness (QED) is 0.599. The molecule has 0 bridgehead atoms. The average Bonchev–Trinajstić information content (AvgIpc) is 2.84. The maximum Gasteiger partial charge on any atom is 0.261 e. The van der Waals surface area contributed by atoms with Crippen LogP contribution in [0.4, 0.5) is 5.82 Å². The number of likely N-dealkylation sites (tertiary alicyclic amines) is 1. The molecule has 8 nitrogen and oxygen atoms in total. The second-order valence-electron chi connectivity index (χ2n) is 8.66. The smallest absolute Gasteiger partial charge is 0.261 e. The van der Waals surface area contributed by atoms with Crippen LogP contribution in [0, 0.1) is 5.41 Å². The minimum atomic E-state index is -0.306. The third-order valence-electron chi connectivity index (χ3n) is 6.48. The van der Waals surface area contributed by atoms with Gasteiger partial charge in [0.25, 0.3) is 11.5 Å². The summed E-state index contributed by atoms with van der Waals surface area (Å²) >= 11 is 0. The van der Waals surface area contributed by atoms with E-state index in [1.165, 1.54) is 6.42 Å². The van der Waals surface area contributed by atoms with Crippen molar-refractivity contribution < 1.29 is 9.53 Å². The number of anilines is 1. The number of carbonyl (C=O) groups excluding carboxylic acids is 1. The predicted octanol–water partition coefficient (Wildman–Crippen LogP) is 3.54. The van der Waals surface area contributed by atoms with Gasteiger partial charge in [0.05, 0.1) is 12.7 Å². The van der Waals surface area contributed by atoms with E-state index in [0.29, 0.717) is 36.0 Å². The van der Waals surface area contributed by atoms with Crippen molar-refractivity contribution in [3.8, 4) is 5.75 Å². The number of aromatic nitrogens is 2. The summed E-state index contributed by atoms with van der Waals surface area (Å²) in [6, 6.07) is 7.45. The van der Waals surface area contributed by atoms with E-state index >= 15 is 0 Å². The molecule has 170 valence electrons. The maximum atomic E-state index is 13.1. The van der Waals surface area contributed by atoms with E-state index in [2.05, 4.69) is 10.3 Å². The number of H-pyrrole nitrogens is 1. The number of methoxy groups -OCH3 is 1. The highest BCUT2D eigenvalue weighted by molar-refractivity contribution is 5.94. The van der Waals surface area contributed by atoms with Gasteiger partial charge in [0, 0.05) is 36.8 Å². The summed E-state index contributed by atoms with van der Waals surface area (Å²) < 4.78 is 5.25. The Morgan fingerprint density at radius 3 is 2.81 bits per heavy atom. The second-order valence-corrected chi connectivity index (χ2v) is 8.66. The van der Waals surface area contributed by atoms with Crippen molar-refractivity contribution in [2.24, 2.45) is 0 Å². The van der Waals surface area contributed by atoms with E-state index in [-0.39, 0.29) is 29.0 Å². The predicted molar refractivity (Wildman–Crippen MR) is 124 cm³/mol. The molecule has 0 spiro atoms. The Kier molecular flexibility index (Phi) is 6.87. The zero-order valence-corrected chi connectivity index (χ0v) is 18.5. The molecule has 4 rings (SSSR count). The van der Waals surface area contributed by atoms with Crippen molar-refractivity contribution in [3.05, 3.63) is 51.6 Å². The molecule has 1 aromatic heterocycles. The summed E-state index contributed by atoms with van der Waals surface area (Å²) in [6.07, 6.45) is 8.42. The molecule has 1 aliphatic heterocycles. The molecule has 8 heteroatoms. The molecule has 3 N–H and O–H groups in total. The number of carbonyl (C=O) groups is 1. The molecule has 2 fully saturated rings. The van der Waals surface area contributed by atoms with Gasteiger partial charge < -0.3 is 25.3 Å². The molecule has 1 unspecified atom stereocenters. The summed E-state index contributed by atoms with van der Waals surface area (Å²) in [5.41, 5.74) is 0.546. The fourth-order valence-corrected chi connectivity index (χ4v) is 4.70. The zero-order chi connectivity index (χ0) is 22.5. The van der Waals surface area contributed by atoms with Crippen LogP contribution in [-0.2, 0) is 0 Å². The number of ether oxygens (including phenoxy) is 1. The van der Waals surface area contributed by atoms with Crippen LogP contribution in [0.25, 0.3) is 0 Å². The summed E-state index contributed by atoms with van der Waals surface area (Å²) in [7, 11) is 1.58. The molecular formula is C24H31N5O3. The van der Waals surface area contributed by atoms with Crippen LogP contribution < -0.4 is 15.6 Å². The van der Waals surface area contributed by atoms with Gasteiger partial charge in [0.1, 0.15) is 17.4 Å². The van der Waals surface area contributed by atoms with Crippen LogP contribution in [0.2, 0.25) is 0 Å². The third kappa shape index (κ3) is 4.84. The topological polar surface area (TPSA) is 111 Å². The Balaban J connectivity index is 1.55. The lowest BCUT2D eigenvalue weighted by atomic mass is 9.95. The van der Waals surface area contributed by atoms with Gasteiger partial charge in [-0.05, 0) is 43.9 Å². The van der Waals surface area contributed by atoms with Gasteiger partial charge in [-0.15, -0.1) is 0 Å². The first-order valence-electron chi connectivity index (χ1n) is 11.4. The lowest BCUT2D eigenvalue weighted by Crippen LogP contribution is -2.40. The highest BCUT2D eigenvalue weighted by Gasteiger charge is 2.28. The van der Waals surface area contributed by atoms with Gasteiger partial charge >= 0.3 is 0 Å². The largest absolute Gasteiger partial charge is 0.497 e. The molecule has 2 heterocycles. The molecule has 1 amide bonds. The number of aromatic amines is 1.